The van der Waals surface area contributed by atoms with Gasteiger partial charge in [0.25, 0.3) is 0 Å². The molecule has 0 aliphatic carbocycles. The molecule has 1 aliphatic heterocycles. The fourth-order valence-electron chi connectivity index (χ4n) is 4.38. The number of aliphatic imine (C=N–C) groups is 1. The van der Waals surface area contributed by atoms with Gasteiger partial charge in [-0.1, -0.05) is 38.1 Å². The molecule has 1 aliphatic rings. The summed E-state index contributed by atoms with van der Waals surface area (Å²) in [5, 5.41) is 16.3. The summed E-state index contributed by atoms with van der Waals surface area (Å²) in [6, 6.07) is 8.81. The monoisotopic (exact) mass is 560 g/mol. The van der Waals surface area contributed by atoms with Crippen LogP contribution in [0.2, 0.25) is 0 Å². The van der Waals surface area contributed by atoms with E-state index in [-0.39, 0.29) is 36.0 Å². The van der Waals surface area contributed by atoms with Gasteiger partial charge in [-0.15, -0.1) is 24.0 Å². The summed E-state index contributed by atoms with van der Waals surface area (Å²) in [4.78, 5) is 7.26. The van der Waals surface area contributed by atoms with Crippen LogP contribution in [-0.4, -0.2) is 61.0 Å². The van der Waals surface area contributed by atoms with Crippen LogP contribution in [0, 0.1) is 5.41 Å². The number of aliphatic hydroxyl groups is 1. The van der Waals surface area contributed by atoms with E-state index in [1.54, 1.807) is 0 Å². The Balaban J connectivity index is 0.00000512. The molecule has 3 N–H and O–H groups in total. The van der Waals surface area contributed by atoms with Crippen LogP contribution in [0.3, 0.4) is 0 Å². The Morgan fingerprint density at radius 1 is 1.06 bits per heavy atom. The topological polar surface area (TPSA) is 69.1 Å². The second-order valence-electron chi connectivity index (χ2n) is 9.00. The average Bonchev–Trinajstić information content (AvgIpc) is 2.75. The van der Waals surface area contributed by atoms with Crippen molar-refractivity contribution in [3.63, 3.8) is 0 Å². The minimum absolute atomic E-state index is 0. The molecule has 1 heterocycles. The molecule has 0 bridgehead atoms. The zero-order chi connectivity index (χ0) is 22.7. The van der Waals surface area contributed by atoms with E-state index in [1.165, 1.54) is 11.1 Å². The van der Waals surface area contributed by atoms with Crippen LogP contribution < -0.4 is 10.6 Å². The molecule has 7 heteroatoms. The smallest absolute Gasteiger partial charge is 0.191 e. The van der Waals surface area contributed by atoms with Crippen molar-refractivity contribution in [2.45, 2.75) is 79.2 Å². The normalized spacial score (nSPS) is 20.0. The number of halogens is 1. The molecule has 32 heavy (non-hydrogen) atoms. The van der Waals surface area contributed by atoms with E-state index in [2.05, 4.69) is 74.4 Å². The van der Waals surface area contributed by atoms with E-state index in [4.69, 9.17) is 9.73 Å². The van der Waals surface area contributed by atoms with Crippen molar-refractivity contribution in [3.05, 3.63) is 35.4 Å². The molecule has 0 radical (unpaired) electrons. The number of nitrogens with zero attached hydrogens (tertiary/aromatic N) is 2. The summed E-state index contributed by atoms with van der Waals surface area (Å²) in [6.45, 7) is 16.2. The van der Waals surface area contributed by atoms with Crippen molar-refractivity contribution in [2.24, 2.45) is 10.4 Å². The molecule has 0 saturated carbocycles. The number of benzene rings is 1. The molecule has 0 aromatic heterocycles. The van der Waals surface area contributed by atoms with E-state index in [9.17, 15) is 5.11 Å². The number of ether oxygens (including phenoxy) is 1. The van der Waals surface area contributed by atoms with Crippen LogP contribution in [0.5, 0.6) is 0 Å². The van der Waals surface area contributed by atoms with Gasteiger partial charge in [-0.3, -0.25) is 4.90 Å². The zero-order valence-corrected chi connectivity index (χ0v) is 23.0. The number of hydrogen-bond acceptors (Lipinski definition) is 4. The summed E-state index contributed by atoms with van der Waals surface area (Å²) in [6.07, 6.45) is 3.49. The number of rotatable bonds is 11. The van der Waals surface area contributed by atoms with Crippen LogP contribution >= 0.6 is 24.0 Å². The first-order valence-corrected chi connectivity index (χ1v) is 12.0. The Morgan fingerprint density at radius 2 is 1.66 bits per heavy atom. The third-order valence-electron chi connectivity index (χ3n) is 6.46. The highest BCUT2D eigenvalue weighted by Crippen LogP contribution is 2.29. The van der Waals surface area contributed by atoms with Gasteiger partial charge in [0.15, 0.2) is 5.96 Å². The Labute approximate surface area is 212 Å². The lowest BCUT2D eigenvalue weighted by atomic mass is 9.79. The van der Waals surface area contributed by atoms with E-state index in [0.29, 0.717) is 18.8 Å². The Hall–Kier alpha value is -0.900. The number of morpholine rings is 1. The quantitative estimate of drug-likeness (QED) is 0.216. The molecule has 2 unspecified atom stereocenters. The van der Waals surface area contributed by atoms with Crippen LogP contribution in [0.15, 0.2) is 29.3 Å². The van der Waals surface area contributed by atoms with Crippen LogP contribution in [0.25, 0.3) is 0 Å². The first kappa shape index (κ1) is 29.1. The lowest BCUT2D eigenvalue weighted by molar-refractivity contribution is -0.0704. The van der Waals surface area contributed by atoms with Gasteiger partial charge in [0, 0.05) is 39.3 Å². The summed E-state index contributed by atoms with van der Waals surface area (Å²) in [5.74, 6) is 0.840. The van der Waals surface area contributed by atoms with Crippen molar-refractivity contribution in [1.82, 2.24) is 15.5 Å². The zero-order valence-electron chi connectivity index (χ0n) is 20.7. The first-order valence-electron chi connectivity index (χ1n) is 12.0. The van der Waals surface area contributed by atoms with Gasteiger partial charge in [0.2, 0.25) is 0 Å². The van der Waals surface area contributed by atoms with Crippen molar-refractivity contribution in [2.75, 3.05) is 32.8 Å². The van der Waals surface area contributed by atoms with Crippen molar-refractivity contribution in [1.29, 1.82) is 0 Å². The van der Waals surface area contributed by atoms with Gasteiger partial charge >= 0.3 is 0 Å². The molecule has 0 amide bonds. The Morgan fingerprint density at radius 3 is 2.19 bits per heavy atom. The Bertz CT molecular complexity index is 654. The molecule has 1 saturated heterocycles. The van der Waals surface area contributed by atoms with Crippen molar-refractivity contribution in [3.8, 4) is 0 Å². The highest BCUT2D eigenvalue weighted by Gasteiger charge is 2.25. The first-order chi connectivity index (χ1) is 14.9. The minimum Gasteiger partial charge on any atom is -0.396 e. The Kier molecular flexibility index (Phi) is 13.7. The van der Waals surface area contributed by atoms with Crippen LogP contribution in [-0.2, 0) is 17.8 Å². The maximum atomic E-state index is 9.45. The van der Waals surface area contributed by atoms with Crippen molar-refractivity contribution >= 4 is 29.9 Å². The molecular weight excluding hydrogens is 515 g/mol. The van der Waals surface area contributed by atoms with Crippen LogP contribution in [0.4, 0.5) is 0 Å². The maximum Gasteiger partial charge on any atom is 0.191 e. The summed E-state index contributed by atoms with van der Waals surface area (Å²) in [5.41, 5.74) is 2.65. The highest BCUT2D eigenvalue weighted by molar-refractivity contribution is 14.0. The summed E-state index contributed by atoms with van der Waals surface area (Å²) < 4.78 is 5.84. The van der Waals surface area contributed by atoms with E-state index in [1.807, 2.05) is 0 Å². The largest absolute Gasteiger partial charge is 0.396 e. The third kappa shape index (κ3) is 9.53. The lowest BCUT2D eigenvalue weighted by Crippen LogP contribution is -2.44. The molecule has 1 fully saturated rings. The molecule has 1 aromatic rings. The lowest BCUT2D eigenvalue weighted by Gasteiger charge is -2.35. The fourth-order valence-corrected chi connectivity index (χ4v) is 4.38. The fraction of sp³-hybridized carbons (Fsp3) is 0.720. The van der Waals surface area contributed by atoms with E-state index >= 15 is 0 Å². The van der Waals surface area contributed by atoms with Gasteiger partial charge in [-0.05, 0) is 56.6 Å². The number of aliphatic hydroxyl groups excluding tert-OH is 1. The maximum absolute atomic E-state index is 9.45. The van der Waals surface area contributed by atoms with Gasteiger partial charge < -0.3 is 20.5 Å². The van der Waals surface area contributed by atoms with E-state index < -0.39 is 0 Å². The second kappa shape index (κ2) is 15.1. The highest BCUT2D eigenvalue weighted by atomic mass is 127. The summed E-state index contributed by atoms with van der Waals surface area (Å²) in [7, 11) is 0. The molecule has 6 nitrogen and oxygen atoms in total. The molecule has 2 atom stereocenters. The average molecular weight is 561 g/mol. The van der Waals surface area contributed by atoms with Crippen molar-refractivity contribution < 1.29 is 9.84 Å². The van der Waals surface area contributed by atoms with Crippen LogP contribution in [0.1, 0.15) is 65.0 Å². The number of hydrogen-bond donors (Lipinski definition) is 3. The predicted octanol–water partition coefficient (Wildman–Crippen LogP) is 4.16. The standard InChI is InChI=1S/C25H44N4O2.HI/c1-6-25(7-2,13-14-30)19-28-24(26-8-3)27-15-22-9-11-23(12-10-22)18-29-16-20(4)31-21(5)17-29;/h9-12,20-21,30H,6-8,13-19H2,1-5H3,(H2,26,27,28);1H. The van der Waals surface area contributed by atoms with Gasteiger partial charge in [-0.25, -0.2) is 4.99 Å². The van der Waals surface area contributed by atoms with Gasteiger partial charge in [-0.2, -0.15) is 0 Å². The predicted molar refractivity (Wildman–Crippen MR) is 145 cm³/mol. The minimum atomic E-state index is 0. The molecule has 0 spiro atoms. The number of nitrogens with one attached hydrogen (secondary N) is 2. The second-order valence-corrected chi connectivity index (χ2v) is 9.00. The van der Waals surface area contributed by atoms with Gasteiger partial charge in [0.05, 0.1) is 18.8 Å². The third-order valence-corrected chi connectivity index (χ3v) is 6.46. The van der Waals surface area contributed by atoms with Gasteiger partial charge in [0.1, 0.15) is 0 Å². The van der Waals surface area contributed by atoms with E-state index in [0.717, 1.165) is 57.9 Å². The summed E-state index contributed by atoms with van der Waals surface area (Å²) >= 11 is 0. The molecule has 184 valence electrons. The number of guanidine groups is 1. The molecule has 1 aromatic carbocycles. The molecular formula is C25H45IN4O2. The molecule has 2 rings (SSSR count). The SMILES string of the molecule is CCNC(=NCc1ccc(CN2CC(C)OC(C)C2)cc1)NCC(CC)(CC)CCO.I.